The van der Waals surface area contributed by atoms with Gasteiger partial charge in [-0.05, 0) is 13.0 Å². The largest absolute Gasteiger partial charge is 0.382 e. The molecule has 1 aromatic carbocycles. The first-order chi connectivity index (χ1) is 9.76. The minimum absolute atomic E-state index is 0.0233. The zero-order valence-electron chi connectivity index (χ0n) is 11.2. The van der Waals surface area contributed by atoms with E-state index in [9.17, 15) is 4.79 Å². The second-order valence-electron chi connectivity index (χ2n) is 4.18. The minimum atomic E-state index is -0.0233. The summed E-state index contributed by atoms with van der Waals surface area (Å²) in [5.74, 6) is -0.0233. The van der Waals surface area contributed by atoms with Gasteiger partial charge in [-0.15, -0.1) is 10.2 Å². The Morgan fingerprint density at radius 3 is 2.90 bits per heavy atom. The maximum absolute atomic E-state index is 11.4. The molecule has 1 aromatic heterocycles. The maximum atomic E-state index is 11.4. The minimum Gasteiger partial charge on any atom is -0.382 e. The molecule has 2 rings (SSSR count). The van der Waals surface area contributed by atoms with E-state index in [1.165, 1.54) is 0 Å². The molecule has 6 heteroatoms. The van der Waals surface area contributed by atoms with Gasteiger partial charge in [0, 0.05) is 24.9 Å². The average molecular weight is 269 g/mol. The van der Waals surface area contributed by atoms with Crippen molar-refractivity contribution in [3.63, 3.8) is 0 Å². The van der Waals surface area contributed by atoms with Crippen LogP contribution in [0.3, 0.4) is 0 Å². The number of carbonyl (C=O) groups is 1. The topological polar surface area (TPSA) is 90.7 Å². The number of anilines is 1. The number of fused-ring (bicyclic) bond motifs is 1. The van der Waals surface area contributed by atoms with Gasteiger partial charge >= 0.3 is 0 Å². The molecule has 1 amide bonds. The van der Waals surface area contributed by atoms with E-state index in [1.807, 2.05) is 37.3 Å². The van der Waals surface area contributed by atoms with Crippen molar-refractivity contribution in [2.24, 2.45) is 0 Å². The molecule has 0 bridgehead atoms. The van der Waals surface area contributed by atoms with Gasteiger partial charge in [0.1, 0.15) is 6.07 Å². The summed E-state index contributed by atoms with van der Waals surface area (Å²) < 4.78 is 0. The van der Waals surface area contributed by atoms with Crippen LogP contribution in [0.4, 0.5) is 5.69 Å². The van der Waals surface area contributed by atoms with Gasteiger partial charge < -0.3 is 10.6 Å². The molecule has 1 heterocycles. The van der Waals surface area contributed by atoms with Gasteiger partial charge in [-0.2, -0.15) is 5.26 Å². The highest BCUT2D eigenvalue weighted by Gasteiger charge is 2.10. The van der Waals surface area contributed by atoms with Crippen molar-refractivity contribution in [2.75, 3.05) is 18.4 Å². The fourth-order valence-electron chi connectivity index (χ4n) is 1.90. The molecule has 0 aliphatic carbocycles. The summed E-state index contributed by atoms with van der Waals surface area (Å²) >= 11 is 0. The summed E-state index contributed by atoms with van der Waals surface area (Å²) in [5, 5.41) is 23.6. The Morgan fingerprint density at radius 2 is 2.15 bits per heavy atom. The number of hydrogen-bond acceptors (Lipinski definition) is 5. The number of nitrogens with zero attached hydrogens (tertiary/aromatic N) is 3. The van der Waals surface area contributed by atoms with E-state index >= 15 is 0 Å². The first kappa shape index (κ1) is 13.7. The first-order valence-electron chi connectivity index (χ1n) is 6.42. The molecule has 0 unspecified atom stereocenters. The fraction of sp³-hybridized carbons (Fsp3) is 0.286. The quantitative estimate of drug-likeness (QED) is 0.857. The number of rotatable bonds is 5. The van der Waals surface area contributed by atoms with Gasteiger partial charge in [0.25, 0.3) is 0 Å². The summed E-state index contributed by atoms with van der Waals surface area (Å²) in [7, 11) is 0. The summed E-state index contributed by atoms with van der Waals surface area (Å²) in [6.07, 6.45) is 0.343. The molecular formula is C14H15N5O. The third-order valence-electron chi connectivity index (χ3n) is 2.80. The standard InChI is InChI=1S/C14H15N5O/c1-2-16-13(20)7-8-17-14-10-5-3-4-6-11(10)18-19-12(14)9-15/h3-6H,2,7-8H2,1H3,(H,16,20)(H,17,18). The Morgan fingerprint density at radius 1 is 1.35 bits per heavy atom. The zero-order valence-corrected chi connectivity index (χ0v) is 11.2. The zero-order chi connectivity index (χ0) is 14.4. The molecule has 0 aliphatic rings. The van der Waals surface area contributed by atoms with Gasteiger partial charge in [-0.1, -0.05) is 18.2 Å². The summed E-state index contributed by atoms with van der Waals surface area (Å²) in [5.41, 5.74) is 1.58. The Hall–Kier alpha value is -2.68. The van der Waals surface area contributed by atoms with Crippen molar-refractivity contribution in [1.82, 2.24) is 15.5 Å². The lowest BCUT2D eigenvalue weighted by Crippen LogP contribution is -2.24. The van der Waals surface area contributed by atoms with Gasteiger partial charge in [0.2, 0.25) is 5.91 Å². The summed E-state index contributed by atoms with van der Waals surface area (Å²) in [6.45, 7) is 2.93. The molecule has 102 valence electrons. The van der Waals surface area contributed by atoms with Crippen LogP contribution in [0.2, 0.25) is 0 Å². The molecule has 0 radical (unpaired) electrons. The number of carbonyl (C=O) groups excluding carboxylic acids is 1. The lowest BCUT2D eigenvalue weighted by molar-refractivity contribution is -0.120. The van der Waals surface area contributed by atoms with Crippen molar-refractivity contribution in [3.05, 3.63) is 30.0 Å². The van der Waals surface area contributed by atoms with E-state index in [0.29, 0.717) is 30.7 Å². The summed E-state index contributed by atoms with van der Waals surface area (Å²) in [4.78, 5) is 11.4. The van der Waals surface area contributed by atoms with E-state index in [1.54, 1.807) is 0 Å². The highest BCUT2D eigenvalue weighted by atomic mass is 16.1. The Labute approximate surface area is 116 Å². The van der Waals surface area contributed by atoms with Crippen LogP contribution in [0.5, 0.6) is 0 Å². The predicted octanol–water partition coefficient (Wildman–Crippen LogP) is 1.44. The molecular weight excluding hydrogens is 254 g/mol. The van der Waals surface area contributed by atoms with Crippen molar-refractivity contribution in [2.45, 2.75) is 13.3 Å². The third-order valence-corrected chi connectivity index (χ3v) is 2.80. The van der Waals surface area contributed by atoms with Crippen molar-refractivity contribution >= 4 is 22.5 Å². The molecule has 20 heavy (non-hydrogen) atoms. The Balaban J connectivity index is 2.20. The van der Waals surface area contributed by atoms with E-state index in [4.69, 9.17) is 5.26 Å². The molecule has 0 spiro atoms. The number of benzene rings is 1. The summed E-state index contributed by atoms with van der Waals surface area (Å²) in [6, 6.07) is 9.46. The van der Waals surface area contributed by atoms with Crippen LogP contribution in [-0.4, -0.2) is 29.2 Å². The number of nitriles is 1. The number of amides is 1. The van der Waals surface area contributed by atoms with Crippen molar-refractivity contribution in [3.8, 4) is 6.07 Å². The Bertz CT molecular complexity index is 662. The van der Waals surface area contributed by atoms with E-state index in [-0.39, 0.29) is 11.6 Å². The van der Waals surface area contributed by atoms with E-state index < -0.39 is 0 Å². The maximum Gasteiger partial charge on any atom is 0.221 e. The van der Waals surface area contributed by atoms with Crippen LogP contribution in [0.1, 0.15) is 19.0 Å². The molecule has 6 nitrogen and oxygen atoms in total. The smallest absolute Gasteiger partial charge is 0.221 e. The van der Waals surface area contributed by atoms with E-state index in [2.05, 4.69) is 20.8 Å². The third kappa shape index (κ3) is 3.01. The molecule has 2 aromatic rings. The molecule has 0 fully saturated rings. The average Bonchev–Trinajstić information content (AvgIpc) is 2.47. The van der Waals surface area contributed by atoms with Gasteiger partial charge in [0.15, 0.2) is 5.69 Å². The molecule has 2 N–H and O–H groups in total. The molecule has 0 saturated carbocycles. The highest BCUT2D eigenvalue weighted by molar-refractivity contribution is 5.92. The lowest BCUT2D eigenvalue weighted by Gasteiger charge is -2.10. The lowest BCUT2D eigenvalue weighted by atomic mass is 10.1. The van der Waals surface area contributed by atoms with Crippen LogP contribution in [0.25, 0.3) is 10.9 Å². The second kappa shape index (κ2) is 6.48. The van der Waals surface area contributed by atoms with Crippen LogP contribution in [0, 0.1) is 11.3 Å². The number of nitrogens with one attached hydrogen (secondary N) is 2. The van der Waals surface area contributed by atoms with Gasteiger partial charge in [-0.3, -0.25) is 4.79 Å². The van der Waals surface area contributed by atoms with Crippen molar-refractivity contribution in [1.29, 1.82) is 5.26 Å². The normalized spacial score (nSPS) is 10.0. The number of hydrogen-bond donors (Lipinski definition) is 2. The Kier molecular flexibility index (Phi) is 4.45. The van der Waals surface area contributed by atoms with Crippen LogP contribution in [0.15, 0.2) is 24.3 Å². The molecule has 0 atom stereocenters. The van der Waals surface area contributed by atoms with Crippen LogP contribution < -0.4 is 10.6 Å². The monoisotopic (exact) mass is 269 g/mol. The van der Waals surface area contributed by atoms with Crippen LogP contribution >= 0.6 is 0 Å². The molecule has 0 saturated heterocycles. The molecule has 0 aliphatic heterocycles. The SMILES string of the molecule is CCNC(=O)CCNc1c(C#N)nnc2ccccc12. The van der Waals surface area contributed by atoms with E-state index in [0.717, 1.165) is 5.39 Å². The first-order valence-corrected chi connectivity index (χ1v) is 6.42. The number of aromatic nitrogens is 2. The predicted molar refractivity (Wildman–Crippen MR) is 76.0 cm³/mol. The van der Waals surface area contributed by atoms with Crippen LogP contribution in [-0.2, 0) is 4.79 Å². The second-order valence-corrected chi connectivity index (χ2v) is 4.18. The van der Waals surface area contributed by atoms with Gasteiger partial charge in [0.05, 0.1) is 11.2 Å². The van der Waals surface area contributed by atoms with Gasteiger partial charge in [-0.25, -0.2) is 0 Å². The highest BCUT2D eigenvalue weighted by Crippen LogP contribution is 2.23. The fourth-order valence-corrected chi connectivity index (χ4v) is 1.90. The van der Waals surface area contributed by atoms with Crippen molar-refractivity contribution < 1.29 is 4.79 Å².